The lowest BCUT2D eigenvalue weighted by Crippen LogP contribution is -2.27. The largest absolute Gasteiger partial charge is 0.481 e. The Kier molecular flexibility index (Phi) is 7.74. The number of carboxylic acid groups (broad SMARTS) is 1. The van der Waals surface area contributed by atoms with E-state index in [1.54, 1.807) is 44.2 Å². The van der Waals surface area contributed by atoms with Gasteiger partial charge in [0.25, 0.3) is 0 Å². The van der Waals surface area contributed by atoms with Crippen LogP contribution >= 0.6 is 11.6 Å². The summed E-state index contributed by atoms with van der Waals surface area (Å²) in [4.78, 5) is 30.0. The zero-order valence-electron chi connectivity index (χ0n) is 20.4. The van der Waals surface area contributed by atoms with Crippen molar-refractivity contribution in [2.24, 2.45) is 0 Å². The van der Waals surface area contributed by atoms with E-state index in [2.05, 4.69) is 10.1 Å². The molecule has 9 nitrogen and oxygen atoms in total. The van der Waals surface area contributed by atoms with Crippen molar-refractivity contribution in [3.8, 4) is 28.3 Å². The van der Waals surface area contributed by atoms with E-state index in [0.29, 0.717) is 56.0 Å². The van der Waals surface area contributed by atoms with Crippen molar-refractivity contribution in [3.63, 3.8) is 0 Å². The number of anilines is 2. The first-order valence-electron chi connectivity index (χ1n) is 11.4. The predicted octanol–water partition coefficient (Wildman–Crippen LogP) is 6.30. The molecule has 4 rings (SSSR count). The Morgan fingerprint density at radius 1 is 1.11 bits per heavy atom. The Morgan fingerprint density at radius 2 is 1.86 bits per heavy atom. The van der Waals surface area contributed by atoms with Gasteiger partial charge in [0.05, 0.1) is 30.8 Å². The molecule has 2 aromatic carbocycles. The van der Waals surface area contributed by atoms with E-state index in [1.807, 2.05) is 24.3 Å². The van der Waals surface area contributed by atoms with E-state index in [1.165, 1.54) is 18.2 Å². The fourth-order valence-electron chi connectivity index (χ4n) is 3.92. The summed E-state index contributed by atoms with van der Waals surface area (Å²) in [5, 5.41) is 13.8. The van der Waals surface area contributed by atoms with Gasteiger partial charge in [0.15, 0.2) is 5.76 Å². The third kappa shape index (κ3) is 5.41. The number of aryl methyl sites for hydroxylation is 1. The number of halogens is 1. The van der Waals surface area contributed by atoms with Crippen molar-refractivity contribution in [2.75, 3.05) is 18.6 Å². The number of hydrogen-bond donors (Lipinski definition) is 1. The summed E-state index contributed by atoms with van der Waals surface area (Å²) in [6.45, 7) is 3.57. The van der Waals surface area contributed by atoms with E-state index in [4.69, 9.17) is 25.6 Å². The summed E-state index contributed by atoms with van der Waals surface area (Å²) in [6.07, 6.45) is 0.662. The normalized spacial score (nSPS) is 10.7. The molecule has 2 heterocycles. The Hall–Kier alpha value is -4.37. The molecule has 0 radical (unpaired) electrons. The summed E-state index contributed by atoms with van der Waals surface area (Å²) in [5.74, 6) is -0.240. The molecule has 0 aliphatic heterocycles. The van der Waals surface area contributed by atoms with Gasteiger partial charge in [0, 0.05) is 17.3 Å². The van der Waals surface area contributed by atoms with Crippen LogP contribution in [0.15, 0.2) is 65.3 Å². The summed E-state index contributed by atoms with van der Waals surface area (Å²) in [7, 11) is 1.49. The number of carbonyl (C=O) groups excluding carboxylic acids is 1. The van der Waals surface area contributed by atoms with Gasteiger partial charge in [-0.2, -0.15) is 0 Å². The number of benzene rings is 2. The minimum atomic E-state index is -0.965. The number of carboxylic acids is 1. The van der Waals surface area contributed by atoms with Crippen molar-refractivity contribution in [1.82, 2.24) is 10.1 Å². The van der Waals surface area contributed by atoms with Gasteiger partial charge in [0.2, 0.25) is 5.88 Å². The number of carbonyl (C=O) groups is 2. The highest BCUT2D eigenvalue weighted by molar-refractivity contribution is 6.34. The number of pyridine rings is 1. The van der Waals surface area contributed by atoms with E-state index in [-0.39, 0.29) is 13.0 Å². The molecule has 4 aromatic rings. The summed E-state index contributed by atoms with van der Waals surface area (Å²) >= 11 is 6.46. The molecule has 190 valence electrons. The van der Waals surface area contributed by atoms with Crippen LogP contribution in [0.3, 0.4) is 0 Å². The van der Waals surface area contributed by atoms with Crippen molar-refractivity contribution in [1.29, 1.82) is 0 Å². The molecule has 0 unspecified atom stereocenters. The molecule has 0 aliphatic rings. The van der Waals surface area contributed by atoms with Crippen LogP contribution in [-0.2, 0) is 16.0 Å². The van der Waals surface area contributed by atoms with Gasteiger partial charge in [-0.15, -0.1) is 0 Å². The molecule has 0 atom stereocenters. The maximum absolute atomic E-state index is 13.1. The Labute approximate surface area is 218 Å². The number of aliphatic carboxylic acids is 1. The van der Waals surface area contributed by atoms with Gasteiger partial charge < -0.3 is 19.1 Å². The molecule has 0 spiro atoms. The van der Waals surface area contributed by atoms with Crippen molar-refractivity contribution >= 4 is 35.0 Å². The maximum Gasteiger partial charge on any atom is 0.419 e. The number of aromatic nitrogens is 2. The molecule has 0 aliphatic carbocycles. The number of amides is 1. The summed E-state index contributed by atoms with van der Waals surface area (Å²) in [5.41, 5.74) is 3.67. The zero-order valence-corrected chi connectivity index (χ0v) is 21.2. The van der Waals surface area contributed by atoms with Crippen LogP contribution in [0.4, 0.5) is 16.2 Å². The number of nitrogens with zero attached hydrogens (tertiary/aromatic N) is 3. The molecule has 0 saturated carbocycles. The number of ether oxygens (including phenoxy) is 2. The van der Waals surface area contributed by atoms with Crippen molar-refractivity contribution in [3.05, 3.63) is 77.1 Å². The molecular formula is C27H24ClN3O6. The number of para-hydroxylation sites is 1. The van der Waals surface area contributed by atoms with Gasteiger partial charge in [-0.3, -0.25) is 4.79 Å². The zero-order chi connectivity index (χ0) is 26.5. The summed E-state index contributed by atoms with van der Waals surface area (Å²) < 4.78 is 16.3. The molecule has 0 saturated heterocycles. The average molecular weight is 522 g/mol. The van der Waals surface area contributed by atoms with Gasteiger partial charge in [-0.1, -0.05) is 47.1 Å². The maximum atomic E-state index is 13.1. The Balaban J connectivity index is 1.86. The quantitative estimate of drug-likeness (QED) is 0.287. The average Bonchev–Trinajstić information content (AvgIpc) is 3.26. The minimum Gasteiger partial charge on any atom is -0.481 e. The molecule has 37 heavy (non-hydrogen) atoms. The van der Waals surface area contributed by atoms with E-state index in [9.17, 15) is 14.7 Å². The van der Waals surface area contributed by atoms with Gasteiger partial charge in [-0.05, 0) is 49.2 Å². The molecule has 0 bridgehead atoms. The van der Waals surface area contributed by atoms with Crippen LogP contribution < -0.4 is 9.64 Å². The molecule has 1 amide bonds. The second kappa shape index (κ2) is 11.1. The first kappa shape index (κ1) is 25.7. The van der Waals surface area contributed by atoms with Crippen molar-refractivity contribution < 1.29 is 28.7 Å². The smallest absolute Gasteiger partial charge is 0.419 e. The van der Waals surface area contributed by atoms with Crippen LogP contribution in [0.1, 0.15) is 18.2 Å². The standard InChI is InChI=1S/C27H24ClN3O6/c1-4-36-27(34)31(22-11-6-5-10-21(22)28)25-16(2)37-30-24(25)19-9-7-8-18(14-19)20-12-17(13-23(32)33)15-29-26(20)35-3/h5-12,14-15H,4,13H2,1-3H3,(H,32,33). The molecule has 1 N–H and O–H groups in total. The monoisotopic (exact) mass is 521 g/mol. The second-order valence-electron chi connectivity index (χ2n) is 7.97. The van der Waals surface area contributed by atoms with Crippen molar-refractivity contribution in [2.45, 2.75) is 20.3 Å². The predicted molar refractivity (Wildman–Crippen MR) is 138 cm³/mol. The SMILES string of the molecule is CCOC(=O)N(c1ccccc1Cl)c1c(-c2cccc(-c3cc(CC(=O)O)cnc3OC)c2)noc1C. The lowest BCUT2D eigenvalue weighted by molar-refractivity contribution is -0.136. The Bertz CT molecular complexity index is 1450. The van der Waals surface area contributed by atoms with Crippen LogP contribution in [0.5, 0.6) is 5.88 Å². The number of hydrogen-bond acceptors (Lipinski definition) is 7. The molecule has 0 fully saturated rings. The highest BCUT2D eigenvalue weighted by Crippen LogP contribution is 2.41. The first-order chi connectivity index (χ1) is 17.8. The fraction of sp³-hybridized carbons (Fsp3) is 0.185. The van der Waals surface area contributed by atoms with Crippen LogP contribution in [-0.4, -0.2) is 41.0 Å². The topological polar surface area (TPSA) is 115 Å². The third-order valence-corrected chi connectivity index (χ3v) is 5.82. The lowest BCUT2D eigenvalue weighted by Gasteiger charge is -2.23. The van der Waals surface area contributed by atoms with Gasteiger partial charge in [0.1, 0.15) is 11.4 Å². The third-order valence-electron chi connectivity index (χ3n) is 5.50. The lowest BCUT2D eigenvalue weighted by atomic mass is 10.00. The summed E-state index contributed by atoms with van der Waals surface area (Å²) in [6, 6.07) is 15.9. The molecule has 2 aromatic heterocycles. The van der Waals surface area contributed by atoms with Gasteiger partial charge in [-0.25, -0.2) is 14.7 Å². The first-order valence-corrected chi connectivity index (χ1v) is 11.7. The van der Waals surface area contributed by atoms with E-state index < -0.39 is 12.1 Å². The van der Waals surface area contributed by atoms with Crippen LogP contribution in [0, 0.1) is 6.92 Å². The molecular weight excluding hydrogens is 498 g/mol. The fourth-order valence-corrected chi connectivity index (χ4v) is 4.14. The van der Waals surface area contributed by atoms with Crippen LogP contribution in [0.2, 0.25) is 5.02 Å². The highest BCUT2D eigenvalue weighted by atomic mass is 35.5. The molecule has 10 heteroatoms. The van der Waals surface area contributed by atoms with E-state index in [0.717, 1.165) is 0 Å². The van der Waals surface area contributed by atoms with Crippen LogP contribution in [0.25, 0.3) is 22.4 Å². The number of rotatable bonds is 8. The highest BCUT2D eigenvalue weighted by Gasteiger charge is 2.30. The Morgan fingerprint density at radius 3 is 2.57 bits per heavy atom. The number of methoxy groups -OCH3 is 1. The minimum absolute atomic E-state index is 0.161. The second-order valence-corrected chi connectivity index (χ2v) is 8.38. The van der Waals surface area contributed by atoms with E-state index >= 15 is 0 Å². The van der Waals surface area contributed by atoms with Gasteiger partial charge >= 0.3 is 12.1 Å².